The molecule has 0 saturated carbocycles. The Labute approximate surface area is 238 Å². The van der Waals surface area contributed by atoms with Crippen molar-refractivity contribution in [2.24, 2.45) is 0 Å². The molecule has 1 saturated heterocycles. The number of carbonyl (C=O) groups excluding carboxylic acids is 2. The number of fused-ring (bicyclic) bond motifs is 2. The van der Waals surface area contributed by atoms with Crippen molar-refractivity contribution >= 4 is 56.8 Å². The second-order valence-electron chi connectivity index (χ2n) is 10.1. The van der Waals surface area contributed by atoms with E-state index in [1.165, 1.54) is 15.0 Å². The smallest absolute Gasteiger partial charge is 0.434 e. The number of amides is 1. The number of piperazine rings is 1. The third-order valence-corrected chi connectivity index (χ3v) is 8.61. The minimum Gasteiger partial charge on any atom is -0.434 e. The number of ether oxygens (including phenoxy) is 2. The van der Waals surface area contributed by atoms with Crippen molar-refractivity contribution < 1.29 is 19.1 Å². The van der Waals surface area contributed by atoms with Crippen LogP contribution in [0.25, 0.3) is 10.1 Å². The number of benzene rings is 2. The quantitative estimate of drug-likeness (QED) is 0.210. The minimum absolute atomic E-state index is 0.111. The van der Waals surface area contributed by atoms with E-state index in [0.29, 0.717) is 17.3 Å². The van der Waals surface area contributed by atoms with E-state index in [1.54, 1.807) is 11.5 Å². The van der Waals surface area contributed by atoms with Crippen LogP contribution >= 0.6 is 23.1 Å². The summed E-state index contributed by atoms with van der Waals surface area (Å²) < 4.78 is 16.2. The van der Waals surface area contributed by atoms with Gasteiger partial charge in [-0.3, -0.25) is 14.6 Å². The van der Waals surface area contributed by atoms with E-state index in [2.05, 4.69) is 41.0 Å². The van der Waals surface area contributed by atoms with Crippen LogP contribution in [0.15, 0.2) is 36.4 Å². The lowest BCUT2D eigenvalue weighted by molar-refractivity contribution is -0.118. The third kappa shape index (κ3) is 6.65. The zero-order valence-electron chi connectivity index (χ0n) is 22.4. The van der Waals surface area contributed by atoms with E-state index in [-0.39, 0.29) is 19.1 Å². The van der Waals surface area contributed by atoms with Crippen molar-refractivity contribution in [2.45, 2.75) is 45.4 Å². The van der Waals surface area contributed by atoms with Gasteiger partial charge in [0.2, 0.25) is 5.91 Å². The van der Waals surface area contributed by atoms with Gasteiger partial charge >= 0.3 is 6.16 Å². The van der Waals surface area contributed by atoms with Crippen LogP contribution in [-0.2, 0) is 27.1 Å². The average molecular weight is 571 g/mol. The lowest BCUT2D eigenvalue weighted by Gasteiger charge is -2.35. The molecule has 0 atom stereocenters. The van der Waals surface area contributed by atoms with Crippen LogP contribution in [0, 0.1) is 0 Å². The first-order valence-electron chi connectivity index (χ1n) is 13.8. The van der Waals surface area contributed by atoms with E-state index >= 15 is 0 Å². The molecular weight excluding hydrogens is 536 g/mol. The van der Waals surface area contributed by atoms with Crippen LogP contribution in [0.2, 0.25) is 5.02 Å². The van der Waals surface area contributed by atoms with E-state index in [1.807, 2.05) is 12.1 Å². The van der Waals surface area contributed by atoms with Gasteiger partial charge in [0, 0.05) is 43.1 Å². The number of unbranched alkanes of at least 4 members (excludes halogenated alkanes) is 3. The van der Waals surface area contributed by atoms with Crippen molar-refractivity contribution in [3.8, 4) is 0 Å². The summed E-state index contributed by atoms with van der Waals surface area (Å²) in [5.74, 6) is 0.981. The summed E-state index contributed by atoms with van der Waals surface area (Å²) >= 11 is 8.21. The van der Waals surface area contributed by atoms with Gasteiger partial charge in [-0.05, 0) is 53.7 Å². The molecule has 5 rings (SSSR count). The lowest BCUT2D eigenvalue weighted by atomic mass is 10.1. The highest BCUT2D eigenvalue weighted by Crippen LogP contribution is 2.34. The first-order valence-corrected chi connectivity index (χ1v) is 14.9. The molecule has 8 nitrogen and oxygen atoms in total. The van der Waals surface area contributed by atoms with Crippen molar-refractivity contribution in [1.82, 2.24) is 9.27 Å². The molecule has 3 heterocycles. The number of hydrogen-bond donors (Lipinski definition) is 0. The second kappa shape index (κ2) is 13.0. The van der Waals surface area contributed by atoms with Crippen LogP contribution < -0.4 is 9.80 Å². The van der Waals surface area contributed by atoms with Gasteiger partial charge in [-0.15, -0.1) is 0 Å². The summed E-state index contributed by atoms with van der Waals surface area (Å²) in [6, 6.07) is 12.2. The Morgan fingerprint density at radius 2 is 1.90 bits per heavy atom. The standard InChI is InChI=1S/C29H35ClN4O4S/c1-2-3-4-7-16-37-29(36)38-20-34-25-19-24(30)21(17-22(25)18-27(34)35)10-11-32-12-14-33(15-13-32)28-23-8-5-6-9-26(23)39-31-28/h5-6,8-9,17,19H,2-4,7,10-16,18,20H2,1H3. The number of carbonyl (C=O) groups is 2. The molecule has 0 N–H and O–H groups in total. The maximum absolute atomic E-state index is 12.6. The first-order chi connectivity index (χ1) is 19.0. The molecule has 208 valence electrons. The number of anilines is 2. The molecule has 1 fully saturated rings. The normalized spacial score (nSPS) is 15.7. The Morgan fingerprint density at radius 1 is 1.08 bits per heavy atom. The lowest BCUT2D eigenvalue weighted by Crippen LogP contribution is -2.47. The molecule has 0 unspecified atom stereocenters. The van der Waals surface area contributed by atoms with Gasteiger partial charge in [-0.25, -0.2) is 4.79 Å². The SMILES string of the molecule is CCCCCCOC(=O)OCN1C(=O)Cc2cc(CCN3CCN(c4nsc5ccccc45)CC3)c(Cl)cc21. The van der Waals surface area contributed by atoms with Crippen LogP contribution in [0.1, 0.15) is 43.7 Å². The number of hydrogen-bond acceptors (Lipinski definition) is 8. The topological polar surface area (TPSA) is 75.2 Å². The van der Waals surface area contributed by atoms with Crippen LogP contribution in [0.4, 0.5) is 16.3 Å². The van der Waals surface area contributed by atoms with Crippen LogP contribution in [0.3, 0.4) is 0 Å². The summed E-state index contributed by atoms with van der Waals surface area (Å²) in [5.41, 5.74) is 2.65. The number of halogens is 1. The Morgan fingerprint density at radius 3 is 2.72 bits per heavy atom. The highest BCUT2D eigenvalue weighted by Gasteiger charge is 2.30. The number of rotatable bonds is 11. The molecule has 3 aromatic rings. The van der Waals surface area contributed by atoms with Gasteiger partial charge in [0.05, 0.1) is 23.4 Å². The van der Waals surface area contributed by atoms with E-state index in [9.17, 15) is 9.59 Å². The Kier molecular flexibility index (Phi) is 9.21. The van der Waals surface area contributed by atoms with Crippen molar-refractivity contribution in [2.75, 3.05) is 55.9 Å². The summed E-state index contributed by atoms with van der Waals surface area (Å²) in [6.07, 6.45) is 4.39. The highest BCUT2D eigenvalue weighted by molar-refractivity contribution is 7.13. The number of nitrogens with zero attached hydrogens (tertiary/aromatic N) is 4. The molecule has 2 aliphatic heterocycles. The monoisotopic (exact) mass is 570 g/mol. The third-order valence-electron chi connectivity index (χ3n) is 7.44. The van der Waals surface area contributed by atoms with Gasteiger partial charge < -0.3 is 14.4 Å². The summed E-state index contributed by atoms with van der Waals surface area (Å²) in [4.78, 5) is 30.9. The maximum Gasteiger partial charge on any atom is 0.510 e. The molecule has 0 radical (unpaired) electrons. The number of aromatic nitrogens is 1. The molecule has 10 heteroatoms. The predicted octanol–water partition coefficient (Wildman–Crippen LogP) is 5.89. The molecule has 0 aliphatic carbocycles. The summed E-state index contributed by atoms with van der Waals surface area (Å²) in [6.45, 7) is 6.99. The Balaban J connectivity index is 1.11. The van der Waals surface area contributed by atoms with Gasteiger partial charge in [0.25, 0.3) is 0 Å². The maximum atomic E-state index is 12.6. The van der Waals surface area contributed by atoms with E-state index in [4.69, 9.17) is 25.4 Å². The zero-order valence-corrected chi connectivity index (χ0v) is 23.9. The predicted molar refractivity (Wildman–Crippen MR) is 156 cm³/mol. The Hall–Kier alpha value is -2.88. The highest BCUT2D eigenvalue weighted by atomic mass is 35.5. The van der Waals surface area contributed by atoms with Crippen molar-refractivity contribution in [1.29, 1.82) is 0 Å². The molecule has 1 aromatic heterocycles. The van der Waals surface area contributed by atoms with Crippen molar-refractivity contribution in [3.63, 3.8) is 0 Å². The Bertz CT molecular complexity index is 1310. The minimum atomic E-state index is -0.751. The fraction of sp³-hybridized carbons (Fsp3) is 0.483. The van der Waals surface area contributed by atoms with E-state index in [0.717, 1.165) is 81.8 Å². The van der Waals surface area contributed by atoms with Gasteiger partial charge in [-0.1, -0.05) is 56.0 Å². The molecule has 39 heavy (non-hydrogen) atoms. The van der Waals surface area contributed by atoms with Crippen LogP contribution in [0.5, 0.6) is 0 Å². The zero-order chi connectivity index (χ0) is 27.2. The molecule has 0 bridgehead atoms. The fourth-order valence-corrected chi connectivity index (χ4v) is 6.23. The van der Waals surface area contributed by atoms with E-state index < -0.39 is 6.16 Å². The molecule has 0 spiro atoms. The van der Waals surface area contributed by atoms with Gasteiger partial charge in [-0.2, -0.15) is 4.37 Å². The first kappa shape index (κ1) is 27.7. The fourth-order valence-electron chi connectivity index (χ4n) is 5.18. The second-order valence-corrected chi connectivity index (χ2v) is 11.3. The average Bonchev–Trinajstić information content (AvgIpc) is 3.51. The summed E-state index contributed by atoms with van der Waals surface area (Å²) in [5, 5.41) is 1.86. The molecule has 1 amide bonds. The van der Waals surface area contributed by atoms with Gasteiger partial charge in [0.1, 0.15) is 5.82 Å². The largest absolute Gasteiger partial charge is 0.510 e. The van der Waals surface area contributed by atoms with Gasteiger partial charge in [0.15, 0.2) is 6.73 Å². The molecule has 2 aliphatic rings. The summed E-state index contributed by atoms with van der Waals surface area (Å²) in [7, 11) is 0. The van der Waals surface area contributed by atoms with Crippen LogP contribution in [-0.4, -0.2) is 67.4 Å². The molecule has 2 aromatic carbocycles. The van der Waals surface area contributed by atoms with Crippen molar-refractivity contribution in [3.05, 3.63) is 52.5 Å². The molecular formula is C29H35ClN4O4S.